The molecule has 0 atom stereocenters. The Hall–Kier alpha value is -1.61. The van der Waals surface area contributed by atoms with Crippen LogP contribution in [0.25, 0.3) is 11.0 Å². The van der Waals surface area contributed by atoms with Crippen LogP contribution in [0, 0.1) is 10.8 Å². The Morgan fingerprint density at radius 3 is 2.90 bits per heavy atom. The van der Waals surface area contributed by atoms with Gasteiger partial charge in [-0.3, -0.25) is 10.8 Å². The Bertz CT molecular complexity index is 637. The van der Waals surface area contributed by atoms with Gasteiger partial charge in [0.1, 0.15) is 11.4 Å². The summed E-state index contributed by atoms with van der Waals surface area (Å²) in [5, 5.41) is 21.2. The maximum atomic E-state index is 7.53. The normalized spacial score (nSPS) is 10.8. The number of aromatic nitrogens is 4. The largest absolute Gasteiger partial charge is 0.379 e. The Balaban J connectivity index is 2.11. The van der Waals surface area contributed by atoms with Crippen LogP contribution in [0.4, 0.5) is 0 Å². The van der Waals surface area contributed by atoms with Crippen LogP contribution in [0.15, 0.2) is 17.6 Å². The van der Waals surface area contributed by atoms with Crippen LogP contribution in [-0.2, 0) is 6.54 Å². The van der Waals surface area contributed by atoms with Crippen molar-refractivity contribution in [2.45, 2.75) is 24.9 Å². The summed E-state index contributed by atoms with van der Waals surface area (Å²) in [5.74, 6) is 0.781. The predicted octanol–water partition coefficient (Wildman–Crippen LogP) is 1.93. The summed E-state index contributed by atoms with van der Waals surface area (Å²) in [6.45, 7) is 2.44. The van der Waals surface area contributed by atoms with Gasteiger partial charge >= 0.3 is 0 Å². The number of hydrogen-bond donors (Lipinski definition) is 3. The van der Waals surface area contributed by atoms with E-state index in [0.717, 1.165) is 28.2 Å². The molecule has 0 aliphatic rings. The number of hydrogen-bond acceptors (Lipinski definition) is 7. The lowest BCUT2D eigenvalue weighted by molar-refractivity contribution is 0.620. The molecule has 9 heteroatoms. The van der Waals surface area contributed by atoms with Crippen LogP contribution in [-0.4, -0.2) is 35.7 Å². The first-order valence-electron chi connectivity index (χ1n) is 5.94. The average molecular weight is 309 g/mol. The zero-order valence-corrected chi connectivity index (χ0v) is 12.6. The topological polar surface area (TPSA) is 117 Å². The second kappa shape index (κ2) is 6.71. The molecule has 7 nitrogen and oxygen atoms in total. The Labute approximate surface area is 124 Å². The van der Waals surface area contributed by atoms with Crippen molar-refractivity contribution in [2.75, 3.05) is 5.75 Å². The molecule has 106 valence electrons. The van der Waals surface area contributed by atoms with Gasteiger partial charge in [0, 0.05) is 12.3 Å². The minimum absolute atomic E-state index is 0.137. The first kappa shape index (κ1) is 14.8. The summed E-state index contributed by atoms with van der Waals surface area (Å²) >= 11 is 2.63. The molecular formula is C11H15N7S2. The first-order chi connectivity index (χ1) is 9.58. The number of aryl methyl sites for hydroxylation is 1. The zero-order chi connectivity index (χ0) is 14.5. The van der Waals surface area contributed by atoms with Crippen molar-refractivity contribution in [3.05, 3.63) is 12.5 Å². The molecule has 0 saturated heterocycles. The predicted molar refractivity (Wildman–Crippen MR) is 83.6 cm³/mol. The van der Waals surface area contributed by atoms with Gasteiger partial charge in [-0.15, -0.1) is 0 Å². The third kappa shape index (κ3) is 3.70. The monoisotopic (exact) mass is 309 g/mol. The number of nitrogens with zero attached hydrogens (tertiary/aromatic N) is 4. The standard InChI is InChI=1S/C11H15N7S2/c1-7(12)20-10-8-5-17-18(9(8)15-6-16-10)3-2-4-19-11(13)14/h5-6,12H,2-4H2,1H3,(H3,13,14). The van der Waals surface area contributed by atoms with Crippen molar-refractivity contribution >= 4 is 44.8 Å². The average Bonchev–Trinajstić information content (AvgIpc) is 2.78. The molecule has 0 radical (unpaired) electrons. The molecule has 4 N–H and O–H groups in total. The van der Waals surface area contributed by atoms with E-state index in [1.54, 1.807) is 13.1 Å². The SMILES string of the molecule is CC(=N)Sc1ncnc2c1cnn2CCCSC(=N)N. The van der Waals surface area contributed by atoms with Crippen molar-refractivity contribution in [2.24, 2.45) is 5.73 Å². The fourth-order valence-electron chi connectivity index (χ4n) is 1.66. The van der Waals surface area contributed by atoms with Crippen molar-refractivity contribution in [1.29, 1.82) is 10.8 Å². The minimum Gasteiger partial charge on any atom is -0.379 e. The third-order valence-corrected chi connectivity index (χ3v) is 4.05. The second-order valence-electron chi connectivity index (χ2n) is 4.01. The number of nitrogens with two attached hydrogens (primary N) is 1. The van der Waals surface area contributed by atoms with Crippen LogP contribution in [0.2, 0.25) is 0 Å². The lowest BCUT2D eigenvalue weighted by atomic mass is 10.4. The van der Waals surface area contributed by atoms with E-state index in [4.69, 9.17) is 16.6 Å². The number of fused-ring (bicyclic) bond motifs is 1. The minimum atomic E-state index is 0.137. The fraction of sp³-hybridized carbons (Fsp3) is 0.364. The molecule has 0 aliphatic heterocycles. The Kier molecular flexibility index (Phi) is 4.96. The Morgan fingerprint density at radius 1 is 1.40 bits per heavy atom. The molecule has 2 aromatic rings. The first-order valence-corrected chi connectivity index (χ1v) is 7.74. The van der Waals surface area contributed by atoms with Crippen molar-refractivity contribution in [3.8, 4) is 0 Å². The summed E-state index contributed by atoms with van der Waals surface area (Å²) in [6, 6.07) is 0. The van der Waals surface area contributed by atoms with Crippen LogP contribution in [0.5, 0.6) is 0 Å². The molecular weight excluding hydrogens is 294 g/mol. The lowest BCUT2D eigenvalue weighted by Crippen LogP contribution is -2.07. The van der Waals surface area contributed by atoms with Crippen LogP contribution in [0.1, 0.15) is 13.3 Å². The van der Waals surface area contributed by atoms with Gasteiger partial charge in [-0.2, -0.15) is 5.10 Å². The number of nitrogens with one attached hydrogen (secondary N) is 2. The zero-order valence-electron chi connectivity index (χ0n) is 11.0. The van der Waals surface area contributed by atoms with Gasteiger partial charge in [-0.25, -0.2) is 14.6 Å². The molecule has 20 heavy (non-hydrogen) atoms. The number of rotatable bonds is 5. The van der Waals surface area contributed by atoms with E-state index < -0.39 is 0 Å². The van der Waals surface area contributed by atoms with E-state index in [1.807, 2.05) is 4.68 Å². The molecule has 2 heterocycles. The molecule has 0 amide bonds. The summed E-state index contributed by atoms with van der Waals surface area (Å²) in [6.07, 6.45) is 4.09. The molecule has 0 aromatic carbocycles. The van der Waals surface area contributed by atoms with Gasteiger partial charge in [-0.1, -0.05) is 23.5 Å². The van der Waals surface area contributed by atoms with E-state index in [1.165, 1.54) is 29.9 Å². The maximum Gasteiger partial charge on any atom is 0.162 e. The highest BCUT2D eigenvalue weighted by Gasteiger charge is 2.10. The second-order valence-corrected chi connectivity index (χ2v) is 6.35. The summed E-state index contributed by atoms with van der Waals surface area (Å²) in [5.41, 5.74) is 6.06. The van der Waals surface area contributed by atoms with E-state index in [0.29, 0.717) is 11.6 Å². The van der Waals surface area contributed by atoms with Gasteiger partial charge in [0.15, 0.2) is 10.8 Å². The van der Waals surface area contributed by atoms with Gasteiger partial charge in [0.2, 0.25) is 0 Å². The van der Waals surface area contributed by atoms with Crippen LogP contribution in [0.3, 0.4) is 0 Å². The van der Waals surface area contributed by atoms with Gasteiger partial charge in [-0.05, 0) is 13.3 Å². The summed E-state index contributed by atoms with van der Waals surface area (Å²) in [4.78, 5) is 8.44. The smallest absolute Gasteiger partial charge is 0.162 e. The van der Waals surface area contributed by atoms with Crippen molar-refractivity contribution in [1.82, 2.24) is 19.7 Å². The highest BCUT2D eigenvalue weighted by molar-refractivity contribution is 8.14. The number of amidine groups is 1. The molecule has 0 unspecified atom stereocenters. The molecule has 0 bridgehead atoms. The molecule has 0 saturated carbocycles. The Morgan fingerprint density at radius 2 is 2.20 bits per heavy atom. The fourth-order valence-corrected chi connectivity index (χ4v) is 2.80. The number of thioether (sulfide) groups is 2. The molecule has 0 spiro atoms. The van der Waals surface area contributed by atoms with Crippen LogP contribution < -0.4 is 5.73 Å². The summed E-state index contributed by atoms with van der Waals surface area (Å²) in [7, 11) is 0. The van der Waals surface area contributed by atoms with Crippen LogP contribution >= 0.6 is 23.5 Å². The van der Waals surface area contributed by atoms with E-state index in [2.05, 4.69) is 15.1 Å². The summed E-state index contributed by atoms with van der Waals surface area (Å²) < 4.78 is 1.82. The van der Waals surface area contributed by atoms with Crippen molar-refractivity contribution < 1.29 is 0 Å². The van der Waals surface area contributed by atoms with Crippen molar-refractivity contribution in [3.63, 3.8) is 0 Å². The molecule has 2 aromatic heterocycles. The van der Waals surface area contributed by atoms with Gasteiger partial charge < -0.3 is 5.73 Å². The van der Waals surface area contributed by atoms with Gasteiger partial charge in [0.25, 0.3) is 0 Å². The third-order valence-electron chi connectivity index (χ3n) is 2.42. The van der Waals surface area contributed by atoms with E-state index >= 15 is 0 Å². The molecule has 2 rings (SSSR count). The molecule has 0 aliphatic carbocycles. The van der Waals surface area contributed by atoms with Gasteiger partial charge in [0.05, 0.1) is 16.6 Å². The molecule has 0 fully saturated rings. The highest BCUT2D eigenvalue weighted by Crippen LogP contribution is 2.24. The lowest BCUT2D eigenvalue weighted by Gasteiger charge is -2.03. The van der Waals surface area contributed by atoms with E-state index in [-0.39, 0.29) is 5.17 Å². The maximum absolute atomic E-state index is 7.53. The van der Waals surface area contributed by atoms with E-state index in [9.17, 15) is 0 Å². The quantitative estimate of drug-likeness (QED) is 0.255. The highest BCUT2D eigenvalue weighted by atomic mass is 32.2.